The van der Waals surface area contributed by atoms with Crippen LogP contribution >= 0.6 is 0 Å². The van der Waals surface area contributed by atoms with Crippen LogP contribution in [-0.4, -0.2) is 17.0 Å². The van der Waals surface area contributed by atoms with Crippen molar-refractivity contribution in [1.82, 2.24) is 0 Å². The summed E-state index contributed by atoms with van der Waals surface area (Å²) in [4.78, 5) is 12.1. The van der Waals surface area contributed by atoms with Crippen molar-refractivity contribution in [2.24, 2.45) is 0 Å². The van der Waals surface area contributed by atoms with Crippen molar-refractivity contribution in [3.63, 3.8) is 0 Å². The molecule has 0 rings (SSSR count). The fourth-order valence-electron chi connectivity index (χ4n) is 5.20. The summed E-state index contributed by atoms with van der Waals surface area (Å²) in [6.07, 6.45) is 36.4. The van der Waals surface area contributed by atoms with Crippen LogP contribution in [0.1, 0.15) is 200 Å². The summed E-state index contributed by atoms with van der Waals surface area (Å²) in [7, 11) is 0. The largest absolute Gasteiger partial charge is 0.393 e. The van der Waals surface area contributed by atoms with E-state index in [1.807, 2.05) is 0 Å². The maximum atomic E-state index is 12.1. The number of carbonyl (C=O) groups is 1. The second-order valence-electron chi connectivity index (χ2n) is 11.4. The van der Waals surface area contributed by atoms with Gasteiger partial charge in [0.2, 0.25) is 0 Å². The monoisotopic (exact) mass is 495 g/mol. The molecule has 210 valence electrons. The lowest BCUT2D eigenvalue weighted by Gasteiger charge is -2.10. The van der Waals surface area contributed by atoms with Crippen LogP contribution in [0, 0.1) is 0 Å². The lowest BCUT2D eigenvalue weighted by Crippen LogP contribution is -2.13. The molecule has 0 aliphatic heterocycles. The highest BCUT2D eigenvalue weighted by atomic mass is 16.3. The number of ketones is 1. The van der Waals surface area contributed by atoms with Gasteiger partial charge in [0.05, 0.1) is 6.10 Å². The third-order valence-electron chi connectivity index (χ3n) is 7.66. The predicted octanol–water partition coefficient (Wildman–Crippen LogP) is 11.3. The molecule has 0 aliphatic rings. The summed E-state index contributed by atoms with van der Waals surface area (Å²) < 4.78 is 0. The van der Waals surface area contributed by atoms with Crippen molar-refractivity contribution in [2.45, 2.75) is 206 Å². The van der Waals surface area contributed by atoms with E-state index < -0.39 is 6.10 Å². The van der Waals surface area contributed by atoms with E-state index in [2.05, 4.69) is 13.8 Å². The van der Waals surface area contributed by atoms with Crippen LogP contribution in [0.25, 0.3) is 0 Å². The first-order valence-electron chi connectivity index (χ1n) is 16.4. The maximum Gasteiger partial charge on any atom is 0.135 e. The number of carbonyl (C=O) groups excluding carboxylic acids is 1. The zero-order valence-electron chi connectivity index (χ0n) is 24.4. The summed E-state index contributed by atoms with van der Waals surface area (Å²) in [6, 6.07) is 0. The van der Waals surface area contributed by atoms with E-state index in [0.717, 1.165) is 19.3 Å². The van der Waals surface area contributed by atoms with Gasteiger partial charge in [0, 0.05) is 12.8 Å². The molecule has 0 aromatic rings. The van der Waals surface area contributed by atoms with Crippen molar-refractivity contribution < 1.29 is 9.90 Å². The van der Waals surface area contributed by atoms with Gasteiger partial charge in [0.15, 0.2) is 0 Å². The van der Waals surface area contributed by atoms with Gasteiger partial charge in [-0.3, -0.25) is 4.79 Å². The van der Waals surface area contributed by atoms with Gasteiger partial charge in [-0.1, -0.05) is 174 Å². The molecule has 0 aromatic heterocycles. The van der Waals surface area contributed by atoms with Gasteiger partial charge in [0.25, 0.3) is 0 Å². The van der Waals surface area contributed by atoms with Crippen molar-refractivity contribution in [1.29, 1.82) is 0 Å². The van der Waals surface area contributed by atoms with Crippen LogP contribution in [0.4, 0.5) is 0 Å². The first-order chi connectivity index (χ1) is 17.2. The number of rotatable bonds is 30. The molecule has 1 atom stereocenters. The van der Waals surface area contributed by atoms with E-state index in [1.54, 1.807) is 0 Å². The minimum Gasteiger partial charge on any atom is -0.393 e. The molecule has 2 heteroatoms. The predicted molar refractivity (Wildman–Crippen MR) is 156 cm³/mol. The van der Waals surface area contributed by atoms with E-state index in [4.69, 9.17) is 0 Å². The Kier molecular flexibility index (Phi) is 29.5. The Morgan fingerprint density at radius 3 is 1.09 bits per heavy atom. The van der Waals surface area contributed by atoms with Gasteiger partial charge in [-0.15, -0.1) is 0 Å². The molecule has 0 saturated carbocycles. The summed E-state index contributed by atoms with van der Waals surface area (Å²) in [5, 5.41) is 10.2. The van der Waals surface area contributed by atoms with E-state index in [-0.39, 0.29) is 5.78 Å². The Hall–Kier alpha value is -0.370. The van der Waals surface area contributed by atoms with Crippen LogP contribution in [0.2, 0.25) is 0 Å². The molecule has 1 N–H and O–H groups in total. The summed E-state index contributed by atoms with van der Waals surface area (Å²) in [5.74, 6) is 0.273. The highest BCUT2D eigenvalue weighted by Crippen LogP contribution is 2.16. The minimum absolute atomic E-state index is 0.273. The molecule has 0 radical (unpaired) electrons. The van der Waals surface area contributed by atoms with Gasteiger partial charge < -0.3 is 5.11 Å². The molecule has 0 amide bonds. The third-order valence-corrected chi connectivity index (χ3v) is 7.66. The van der Waals surface area contributed by atoms with Crippen LogP contribution < -0.4 is 0 Å². The summed E-state index contributed by atoms with van der Waals surface area (Å²) >= 11 is 0. The number of unbranched alkanes of at least 4 members (excludes halogenated alkanes) is 24. The van der Waals surface area contributed by atoms with Crippen LogP contribution in [0.15, 0.2) is 0 Å². The Labute approximate surface area is 221 Å². The lowest BCUT2D eigenvalue weighted by molar-refractivity contribution is -0.121. The van der Waals surface area contributed by atoms with Gasteiger partial charge in [0.1, 0.15) is 5.78 Å². The first kappa shape index (κ1) is 34.6. The number of hydrogen-bond donors (Lipinski definition) is 1. The smallest absolute Gasteiger partial charge is 0.135 e. The van der Waals surface area contributed by atoms with E-state index >= 15 is 0 Å². The Morgan fingerprint density at radius 1 is 0.457 bits per heavy atom. The SMILES string of the molecule is CCCCCCCCCCCCCCCC(=O)CC(O)CCCCCCCCCCCCCCC. The summed E-state index contributed by atoms with van der Waals surface area (Å²) in [5.41, 5.74) is 0. The molecule has 0 bridgehead atoms. The van der Waals surface area contributed by atoms with E-state index in [1.165, 1.54) is 154 Å². The highest BCUT2D eigenvalue weighted by molar-refractivity contribution is 5.78. The zero-order valence-corrected chi connectivity index (χ0v) is 24.4. The van der Waals surface area contributed by atoms with Gasteiger partial charge >= 0.3 is 0 Å². The molecule has 35 heavy (non-hydrogen) atoms. The molecule has 0 aliphatic carbocycles. The van der Waals surface area contributed by atoms with E-state index in [0.29, 0.717) is 12.8 Å². The lowest BCUT2D eigenvalue weighted by atomic mass is 10.0. The molecule has 0 heterocycles. The van der Waals surface area contributed by atoms with Crippen molar-refractivity contribution in [3.05, 3.63) is 0 Å². The van der Waals surface area contributed by atoms with E-state index in [9.17, 15) is 9.90 Å². The van der Waals surface area contributed by atoms with Crippen molar-refractivity contribution >= 4 is 5.78 Å². The van der Waals surface area contributed by atoms with Crippen LogP contribution in [-0.2, 0) is 4.79 Å². The highest BCUT2D eigenvalue weighted by Gasteiger charge is 2.10. The Bertz CT molecular complexity index is 406. The van der Waals surface area contributed by atoms with Gasteiger partial charge in [-0.25, -0.2) is 0 Å². The summed E-state index contributed by atoms with van der Waals surface area (Å²) in [6.45, 7) is 4.56. The second kappa shape index (κ2) is 29.9. The number of aliphatic hydroxyl groups is 1. The maximum absolute atomic E-state index is 12.1. The first-order valence-corrected chi connectivity index (χ1v) is 16.4. The Balaban J connectivity index is 3.28. The molecule has 1 unspecified atom stereocenters. The van der Waals surface area contributed by atoms with Crippen LogP contribution in [0.3, 0.4) is 0 Å². The topological polar surface area (TPSA) is 37.3 Å². The Morgan fingerprint density at radius 2 is 0.743 bits per heavy atom. The fraction of sp³-hybridized carbons (Fsp3) is 0.970. The standard InChI is InChI=1S/C33H66O2/c1-3-5-7-9-11-13-15-17-19-21-23-25-27-29-32(34)31-33(35)30-28-26-24-22-20-18-16-14-12-10-8-6-4-2/h32,34H,3-31H2,1-2H3. The minimum atomic E-state index is -0.405. The second-order valence-corrected chi connectivity index (χ2v) is 11.4. The average molecular weight is 495 g/mol. The van der Waals surface area contributed by atoms with Gasteiger partial charge in [-0.05, 0) is 12.8 Å². The number of Topliss-reactive ketones (excluding diaryl/α,β-unsaturated/α-hetero) is 1. The van der Waals surface area contributed by atoms with Crippen molar-refractivity contribution in [2.75, 3.05) is 0 Å². The molecular formula is C33H66O2. The van der Waals surface area contributed by atoms with Crippen molar-refractivity contribution in [3.8, 4) is 0 Å². The number of aliphatic hydroxyl groups excluding tert-OH is 1. The quantitative estimate of drug-likeness (QED) is 0.101. The molecule has 0 fully saturated rings. The van der Waals surface area contributed by atoms with Gasteiger partial charge in [-0.2, -0.15) is 0 Å². The average Bonchev–Trinajstić information content (AvgIpc) is 2.85. The normalized spacial score (nSPS) is 12.3. The molecule has 0 saturated heterocycles. The molecule has 0 spiro atoms. The fourth-order valence-corrected chi connectivity index (χ4v) is 5.20. The zero-order chi connectivity index (χ0) is 25.7. The molecular weight excluding hydrogens is 428 g/mol. The van der Waals surface area contributed by atoms with Crippen LogP contribution in [0.5, 0.6) is 0 Å². The molecule has 2 nitrogen and oxygen atoms in total. The molecule has 0 aromatic carbocycles. The number of hydrogen-bond acceptors (Lipinski definition) is 2. The third kappa shape index (κ3) is 29.7.